The Balaban J connectivity index is 2.83. The molecule has 0 N–H and O–H groups in total. The molecule has 0 fully saturated rings. The second kappa shape index (κ2) is 3.34. The van der Waals surface area contributed by atoms with Gasteiger partial charge in [0, 0.05) is 11.8 Å². The molecule has 1 radical (unpaired) electrons. The molecule has 6 heavy (non-hydrogen) atoms. The van der Waals surface area contributed by atoms with Gasteiger partial charge >= 0.3 is 0 Å². The van der Waals surface area contributed by atoms with Gasteiger partial charge in [0.25, 0.3) is 0 Å². The summed E-state index contributed by atoms with van der Waals surface area (Å²) in [6, 6.07) is 0. The minimum atomic E-state index is -0.508. The summed E-state index contributed by atoms with van der Waals surface area (Å²) in [5.41, 5.74) is 0. The molecule has 0 unspecified atom stereocenters. The predicted octanol–water partition coefficient (Wildman–Crippen LogP) is 2.06. The lowest BCUT2D eigenvalue weighted by Gasteiger charge is -1.80. The van der Waals surface area contributed by atoms with E-state index in [1.807, 2.05) is 0 Å². The number of alkyl halides is 1. The molecule has 0 amide bonds. The van der Waals surface area contributed by atoms with Gasteiger partial charge in [-0.1, -0.05) is 15.9 Å². The van der Waals surface area contributed by atoms with Crippen LogP contribution in [0, 0.1) is 6.58 Å². The minimum absolute atomic E-state index is 0.319. The largest absolute Gasteiger partial charge is 0.212 e. The number of hydrogen-bond acceptors (Lipinski definition) is 0. The summed E-state index contributed by atoms with van der Waals surface area (Å²) in [6.07, 6.45) is 0.319. The third kappa shape index (κ3) is 4.15. The van der Waals surface area contributed by atoms with Gasteiger partial charge in [-0.15, -0.1) is 0 Å². The SMILES string of the molecule is [CH]=C(F)CCBr. The van der Waals surface area contributed by atoms with E-state index in [4.69, 9.17) is 0 Å². The Morgan fingerprint density at radius 1 is 1.83 bits per heavy atom. The molecule has 0 aliphatic heterocycles. The number of rotatable bonds is 2. The standard InChI is InChI=1S/C4H5BrF/c1-4(6)2-3-5/h1H,2-3H2. The van der Waals surface area contributed by atoms with E-state index in [1.54, 1.807) is 0 Å². The van der Waals surface area contributed by atoms with Crippen LogP contribution in [-0.4, -0.2) is 5.33 Å². The molecule has 0 aromatic rings. The zero-order valence-electron chi connectivity index (χ0n) is 3.25. The van der Waals surface area contributed by atoms with Gasteiger partial charge in [0.05, 0.1) is 0 Å². The highest BCUT2D eigenvalue weighted by atomic mass is 79.9. The molecule has 0 nitrogen and oxygen atoms in total. The first-order chi connectivity index (χ1) is 2.77. The van der Waals surface area contributed by atoms with Gasteiger partial charge in [0.1, 0.15) is 5.83 Å². The quantitative estimate of drug-likeness (QED) is 0.531. The molecule has 0 spiro atoms. The van der Waals surface area contributed by atoms with Crippen molar-refractivity contribution in [2.45, 2.75) is 6.42 Å². The first kappa shape index (κ1) is 6.15. The minimum Gasteiger partial charge on any atom is -0.212 e. The molecular weight excluding hydrogens is 147 g/mol. The Kier molecular flexibility index (Phi) is 3.43. The first-order valence-corrected chi connectivity index (χ1v) is 2.72. The molecule has 0 heterocycles. The highest BCUT2D eigenvalue weighted by molar-refractivity contribution is 9.09. The monoisotopic (exact) mass is 151 g/mol. The fourth-order valence-corrected chi connectivity index (χ4v) is 0.469. The molecule has 0 saturated heterocycles. The topological polar surface area (TPSA) is 0 Å². The van der Waals surface area contributed by atoms with Crippen LogP contribution in [0.4, 0.5) is 4.39 Å². The van der Waals surface area contributed by atoms with Gasteiger partial charge in [-0.2, -0.15) is 0 Å². The van der Waals surface area contributed by atoms with E-state index in [2.05, 4.69) is 22.5 Å². The molecule has 0 bridgehead atoms. The molecule has 0 saturated carbocycles. The predicted molar refractivity (Wildman–Crippen MR) is 27.3 cm³/mol. The Morgan fingerprint density at radius 2 is 2.33 bits per heavy atom. The second-order valence-electron chi connectivity index (χ2n) is 0.886. The Morgan fingerprint density at radius 3 is 2.33 bits per heavy atom. The van der Waals surface area contributed by atoms with Crippen LogP contribution < -0.4 is 0 Å². The van der Waals surface area contributed by atoms with E-state index in [-0.39, 0.29) is 0 Å². The molecule has 0 aliphatic rings. The zero-order valence-corrected chi connectivity index (χ0v) is 4.83. The summed E-state index contributed by atoms with van der Waals surface area (Å²) in [4.78, 5) is 0. The van der Waals surface area contributed by atoms with Gasteiger partial charge in [-0.3, -0.25) is 0 Å². The summed E-state index contributed by atoms with van der Waals surface area (Å²) in [5, 5.41) is 0.606. The lowest BCUT2D eigenvalue weighted by Crippen LogP contribution is -1.69. The highest BCUT2D eigenvalue weighted by Gasteiger charge is 1.83. The van der Waals surface area contributed by atoms with Crippen LogP contribution >= 0.6 is 15.9 Å². The lowest BCUT2D eigenvalue weighted by molar-refractivity contribution is 0.609. The summed E-state index contributed by atoms with van der Waals surface area (Å²) in [7, 11) is 0. The fourth-order valence-electron chi connectivity index (χ4n) is 0.0903. The van der Waals surface area contributed by atoms with Crippen LogP contribution in [-0.2, 0) is 0 Å². The molecule has 35 valence electrons. The molecule has 0 aliphatic carbocycles. The van der Waals surface area contributed by atoms with Gasteiger partial charge in [0.15, 0.2) is 0 Å². The highest BCUT2D eigenvalue weighted by Crippen LogP contribution is 1.99. The van der Waals surface area contributed by atoms with Crippen molar-refractivity contribution in [1.29, 1.82) is 0 Å². The zero-order chi connectivity index (χ0) is 4.99. The Hall–Kier alpha value is 0.150. The van der Waals surface area contributed by atoms with Gasteiger partial charge in [-0.05, 0) is 6.58 Å². The van der Waals surface area contributed by atoms with Crippen molar-refractivity contribution in [3.05, 3.63) is 12.4 Å². The van der Waals surface area contributed by atoms with Gasteiger partial charge in [-0.25, -0.2) is 4.39 Å². The van der Waals surface area contributed by atoms with Crippen molar-refractivity contribution in [1.82, 2.24) is 0 Å². The van der Waals surface area contributed by atoms with Gasteiger partial charge < -0.3 is 0 Å². The van der Waals surface area contributed by atoms with Crippen molar-refractivity contribution in [2.24, 2.45) is 0 Å². The smallest absolute Gasteiger partial charge is 0.101 e. The summed E-state index contributed by atoms with van der Waals surface area (Å²) >= 11 is 3.01. The van der Waals surface area contributed by atoms with Crippen LogP contribution in [0.2, 0.25) is 0 Å². The summed E-state index contributed by atoms with van der Waals surface area (Å²) in [6.45, 7) is 4.62. The van der Waals surface area contributed by atoms with Crippen LogP contribution in [0.3, 0.4) is 0 Å². The molecule has 0 aromatic carbocycles. The van der Waals surface area contributed by atoms with Crippen molar-refractivity contribution < 1.29 is 4.39 Å². The van der Waals surface area contributed by atoms with Crippen molar-refractivity contribution in [3.63, 3.8) is 0 Å². The number of allylic oxidation sites excluding steroid dienone is 1. The molecular formula is C4H5BrF. The third-order valence-corrected chi connectivity index (χ3v) is 0.730. The normalized spacial score (nSPS) is 8.33. The van der Waals surface area contributed by atoms with Crippen LogP contribution in [0.25, 0.3) is 0 Å². The first-order valence-electron chi connectivity index (χ1n) is 1.60. The van der Waals surface area contributed by atoms with Crippen molar-refractivity contribution in [2.75, 3.05) is 5.33 Å². The van der Waals surface area contributed by atoms with E-state index in [0.717, 1.165) is 0 Å². The number of halogens is 2. The maximum atomic E-state index is 11.4. The van der Waals surface area contributed by atoms with Crippen LogP contribution in [0.1, 0.15) is 6.42 Å². The van der Waals surface area contributed by atoms with E-state index in [1.165, 1.54) is 0 Å². The maximum absolute atomic E-state index is 11.4. The Bertz CT molecular complexity index is 51.5. The van der Waals surface area contributed by atoms with E-state index < -0.39 is 5.83 Å². The average Bonchev–Trinajstić information content (AvgIpc) is 1.35. The lowest BCUT2D eigenvalue weighted by atomic mass is 10.5. The third-order valence-electron chi connectivity index (χ3n) is 0.333. The van der Waals surface area contributed by atoms with E-state index >= 15 is 0 Å². The Labute approximate surface area is 45.2 Å². The summed E-state index contributed by atoms with van der Waals surface area (Å²) in [5.74, 6) is -0.508. The fraction of sp³-hybridized carbons (Fsp3) is 0.500. The van der Waals surface area contributed by atoms with Crippen LogP contribution in [0.5, 0.6) is 0 Å². The van der Waals surface area contributed by atoms with Gasteiger partial charge in [0.2, 0.25) is 0 Å². The molecule has 0 aromatic heterocycles. The summed E-state index contributed by atoms with van der Waals surface area (Å²) < 4.78 is 11.4. The van der Waals surface area contributed by atoms with E-state index in [0.29, 0.717) is 11.8 Å². The molecule has 0 rings (SSSR count). The number of hydrogen-bond donors (Lipinski definition) is 0. The van der Waals surface area contributed by atoms with Crippen molar-refractivity contribution in [3.8, 4) is 0 Å². The molecule has 0 atom stereocenters. The molecule has 2 heteroatoms. The second-order valence-corrected chi connectivity index (χ2v) is 1.68. The van der Waals surface area contributed by atoms with E-state index in [9.17, 15) is 4.39 Å². The van der Waals surface area contributed by atoms with Crippen LogP contribution in [0.15, 0.2) is 5.83 Å². The average molecular weight is 152 g/mol. The van der Waals surface area contributed by atoms with Crippen molar-refractivity contribution >= 4 is 15.9 Å². The maximum Gasteiger partial charge on any atom is 0.101 e.